The van der Waals surface area contributed by atoms with Gasteiger partial charge in [-0.3, -0.25) is 9.11 Å². The zero-order valence-electron chi connectivity index (χ0n) is 18.9. The van der Waals surface area contributed by atoms with Crippen LogP contribution in [0.2, 0.25) is 0 Å². The molecule has 0 amide bonds. The van der Waals surface area contributed by atoms with Crippen molar-refractivity contribution >= 4 is 10.4 Å². The first-order valence-corrected chi connectivity index (χ1v) is 12.3. The molecule has 1 saturated carbocycles. The van der Waals surface area contributed by atoms with E-state index < -0.39 is 103 Å². The van der Waals surface area contributed by atoms with Gasteiger partial charge in [-0.1, -0.05) is 0 Å². The van der Waals surface area contributed by atoms with Gasteiger partial charge in [0.15, 0.2) is 12.6 Å². The lowest BCUT2D eigenvalue weighted by Crippen LogP contribution is -2.68. The van der Waals surface area contributed by atoms with Crippen molar-refractivity contribution in [3.63, 3.8) is 0 Å². The molecule has 14 atom stereocenters. The normalized spacial score (nSPS) is 47.8. The van der Waals surface area contributed by atoms with E-state index in [1.54, 1.807) is 0 Å². The van der Waals surface area contributed by atoms with Crippen LogP contribution in [0, 0.1) is 0 Å². The molecule has 0 bridgehead atoms. The first-order valence-electron chi connectivity index (χ1n) is 10.9. The molecule has 2 saturated heterocycles. The van der Waals surface area contributed by atoms with Crippen LogP contribution in [0.15, 0.2) is 0 Å². The smallest absolute Gasteiger partial charge is 0.394 e. The molecule has 214 valence electrons. The van der Waals surface area contributed by atoms with Crippen LogP contribution >= 0.6 is 0 Å². The van der Waals surface area contributed by atoms with Gasteiger partial charge in [-0.05, 0) is 6.42 Å². The van der Waals surface area contributed by atoms with E-state index in [1.807, 2.05) is 0 Å². The van der Waals surface area contributed by atoms with Crippen LogP contribution in [-0.4, -0.2) is 147 Å². The van der Waals surface area contributed by atoms with Crippen LogP contribution in [0.3, 0.4) is 0 Å². The Morgan fingerprint density at radius 1 is 0.750 bits per heavy atom. The average molecular weight is 553 g/mol. The summed E-state index contributed by atoms with van der Waals surface area (Å²) in [7, 11) is -4.67. The fraction of sp³-hybridized carbons (Fsp3) is 1.00. The van der Waals surface area contributed by atoms with Crippen molar-refractivity contribution in [2.45, 2.75) is 92.1 Å². The quantitative estimate of drug-likeness (QED) is 0.136. The van der Waals surface area contributed by atoms with E-state index >= 15 is 0 Å². The molecule has 0 radical (unpaired) electrons. The van der Waals surface area contributed by atoms with E-state index in [2.05, 4.69) is 0 Å². The van der Waals surface area contributed by atoms with Crippen molar-refractivity contribution in [2.75, 3.05) is 13.2 Å². The van der Waals surface area contributed by atoms with Crippen LogP contribution in [-0.2, 0) is 29.3 Å². The second-order valence-corrected chi connectivity index (χ2v) is 9.64. The average Bonchev–Trinajstić information content (AvgIpc) is 3.06. The molecule has 0 spiro atoms. The van der Waals surface area contributed by atoms with Crippen molar-refractivity contribution in [3.8, 4) is 0 Å². The summed E-state index contributed by atoms with van der Waals surface area (Å²) < 4.78 is 54.0. The first-order chi connectivity index (χ1) is 16.6. The highest BCUT2D eigenvalue weighted by molar-refractivity contribution is 7.79. The van der Waals surface area contributed by atoms with Crippen molar-refractivity contribution in [1.29, 1.82) is 0 Å². The lowest BCUT2D eigenvalue weighted by Gasteiger charge is -2.47. The second kappa shape index (κ2) is 12.9. The predicted molar refractivity (Wildman–Crippen MR) is 116 cm³/mol. The van der Waals surface area contributed by atoms with Crippen LogP contribution in [0.25, 0.3) is 0 Å². The van der Waals surface area contributed by atoms with E-state index in [0.717, 1.165) is 0 Å². The lowest BCUT2D eigenvalue weighted by atomic mass is 9.84. The van der Waals surface area contributed by atoms with E-state index in [-0.39, 0.29) is 13.0 Å². The molecule has 18 nitrogen and oxygen atoms in total. The number of rotatable bonds is 6. The number of hydrogen-bond donors (Lipinski definition) is 12. The SMILES string of the molecule is NCC1O[C@@H](OC2C(N)CC(N)C(O)[C@@H]2OC2OC(CO)C(O)C2O)C(N)C(O)C1O.O=S(=O)(O)O. The first kappa shape index (κ1) is 31.5. The number of nitrogens with two attached hydrogens (primary N) is 4. The molecule has 0 aromatic rings. The van der Waals surface area contributed by atoms with E-state index in [4.69, 9.17) is 59.4 Å². The molecule has 0 aromatic heterocycles. The molecule has 3 fully saturated rings. The third-order valence-electron chi connectivity index (χ3n) is 6.13. The molecule has 3 rings (SSSR count). The fourth-order valence-electron chi connectivity index (χ4n) is 4.16. The second-order valence-electron chi connectivity index (χ2n) is 8.75. The van der Waals surface area contributed by atoms with E-state index in [1.165, 1.54) is 0 Å². The molecule has 0 aromatic carbocycles. The Hall–Kier alpha value is -0.690. The summed E-state index contributed by atoms with van der Waals surface area (Å²) in [6.07, 6.45) is -13.8. The highest BCUT2D eigenvalue weighted by atomic mass is 32.3. The van der Waals surface area contributed by atoms with E-state index in [9.17, 15) is 30.6 Å². The van der Waals surface area contributed by atoms with Crippen LogP contribution in [0.1, 0.15) is 6.42 Å². The molecular weight excluding hydrogens is 516 g/mol. The minimum absolute atomic E-state index is 0.114. The highest BCUT2D eigenvalue weighted by Crippen LogP contribution is 2.31. The molecule has 2 heterocycles. The monoisotopic (exact) mass is 552 g/mol. The van der Waals surface area contributed by atoms with Crippen LogP contribution in [0.5, 0.6) is 0 Å². The summed E-state index contributed by atoms with van der Waals surface area (Å²) in [4.78, 5) is 0. The van der Waals surface area contributed by atoms with Gasteiger partial charge in [-0.2, -0.15) is 8.42 Å². The van der Waals surface area contributed by atoms with Crippen molar-refractivity contribution in [1.82, 2.24) is 0 Å². The summed E-state index contributed by atoms with van der Waals surface area (Å²) in [5, 5.41) is 60.2. The minimum Gasteiger partial charge on any atom is -0.394 e. The van der Waals surface area contributed by atoms with Crippen molar-refractivity contribution in [2.24, 2.45) is 22.9 Å². The highest BCUT2D eigenvalue weighted by Gasteiger charge is 2.52. The topological polar surface area (TPSA) is 337 Å². The molecule has 16 N–H and O–H groups in total. The summed E-state index contributed by atoms with van der Waals surface area (Å²) in [5.41, 5.74) is 23.6. The Morgan fingerprint density at radius 3 is 1.75 bits per heavy atom. The predicted octanol–water partition coefficient (Wildman–Crippen LogP) is -7.31. The molecule has 36 heavy (non-hydrogen) atoms. The summed E-state index contributed by atoms with van der Waals surface area (Å²) in [6.45, 7) is -0.673. The van der Waals surface area contributed by atoms with Gasteiger partial charge in [0.05, 0.1) is 18.8 Å². The molecular formula is C17H36N4O14S. The van der Waals surface area contributed by atoms with Crippen molar-refractivity contribution < 1.29 is 67.1 Å². The molecule has 1 aliphatic carbocycles. The molecule has 2 aliphatic heterocycles. The van der Waals surface area contributed by atoms with Gasteiger partial charge in [0.25, 0.3) is 0 Å². The number of aliphatic hydroxyl groups is 6. The van der Waals surface area contributed by atoms with Gasteiger partial charge in [0.2, 0.25) is 0 Å². The largest absolute Gasteiger partial charge is 0.394 e. The van der Waals surface area contributed by atoms with Gasteiger partial charge in [-0.15, -0.1) is 0 Å². The van der Waals surface area contributed by atoms with E-state index in [0.29, 0.717) is 0 Å². The fourth-order valence-corrected chi connectivity index (χ4v) is 4.16. The molecule has 19 heteroatoms. The summed E-state index contributed by atoms with van der Waals surface area (Å²) >= 11 is 0. The number of ether oxygens (including phenoxy) is 4. The van der Waals surface area contributed by atoms with Gasteiger partial charge >= 0.3 is 10.4 Å². The van der Waals surface area contributed by atoms with Gasteiger partial charge in [0, 0.05) is 18.6 Å². The minimum atomic E-state index is -4.67. The van der Waals surface area contributed by atoms with Gasteiger partial charge in [-0.25, -0.2) is 0 Å². The van der Waals surface area contributed by atoms with Gasteiger partial charge in [0.1, 0.15) is 48.8 Å². The van der Waals surface area contributed by atoms with Crippen LogP contribution in [0.4, 0.5) is 0 Å². The number of hydrogen-bond acceptors (Lipinski definition) is 16. The Bertz CT molecular complexity index is 787. The maximum Gasteiger partial charge on any atom is 0.394 e. The Balaban J connectivity index is 0.000000830. The Morgan fingerprint density at radius 2 is 1.25 bits per heavy atom. The summed E-state index contributed by atoms with van der Waals surface area (Å²) in [5.74, 6) is 0. The number of aliphatic hydroxyl groups excluding tert-OH is 6. The standard InChI is InChI=1S/C17H34N4O10.H2O4S/c18-2-6-10(24)12(26)8(21)16(28-6)30-14-5(20)1-4(19)9(23)15(14)31-17-13(27)11(25)7(3-22)29-17;1-5(2,3)4/h4-17,22-27H,1-3,18-21H2;(H2,1,2,3,4)/t4?,5?,6?,7?,8?,9?,10?,11?,12?,13?,14?,15-,16-,17?;/m0./s1. The third kappa shape index (κ3) is 7.68. The molecule has 3 aliphatic rings. The zero-order chi connectivity index (χ0) is 27.5. The Kier molecular flexibility index (Phi) is 11.3. The lowest BCUT2D eigenvalue weighted by molar-refractivity contribution is -0.306. The maximum atomic E-state index is 10.6. The summed E-state index contributed by atoms with van der Waals surface area (Å²) in [6, 6.07) is -2.72. The van der Waals surface area contributed by atoms with Gasteiger partial charge < -0.3 is 72.5 Å². The zero-order valence-corrected chi connectivity index (χ0v) is 19.8. The third-order valence-corrected chi connectivity index (χ3v) is 6.13. The van der Waals surface area contributed by atoms with Crippen molar-refractivity contribution in [3.05, 3.63) is 0 Å². The van der Waals surface area contributed by atoms with Crippen LogP contribution < -0.4 is 22.9 Å². The molecule has 12 unspecified atom stereocenters. The maximum absolute atomic E-state index is 10.6. The Labute approximate surface area is 206 Å².